The Hall–Kier alpha value is -2.18. The summed E-state index contributed by atoms with van der Waals surface area (Å²) in [6.07, 6.45) is 0. The molecule has 2 rings (SSSR count). The molecule has 0 bridgehead atoms. The molecule has 0 spiro atoms. The van der Waals surface area contributed by atoms with E-state index >= 15 is 0 Å². The molecule has 108 valence electrons. The lowest BCUT2D eigenvalue weighted by molar-refractivity contribution is 0.0771. The van der Waals surface area contributed by atoms with Crippen molar-refractivity contribution in [3.8, 4) is 0 Å². The fraction of sp³-hybridized carbons (Fsp3) is 0.538. The second-order valence-electron chi connectivity index (χ2n) is 5.19. The van der Waals surface area contributed by atoms with Gasteiger partial charge in [0.05, 0.1) is 12.2 Å². The predicted molar refractivity (Wildman–Crippen MR) is 72.1 cm³/mol. The van der Waals surface area contributed by atoms with Crippen LogP contribution in [0.25, 0.3) is 0 Å². The first-order valence-electron chi connectivity index (χ1n) is 6.47. The van der Waals surface area contributed by atoms with Gasteiger partial charge in [0.1, 0.15) is 17.1 Å². The molecule has 0 atom stereocenters. The monoisotopic (exact) mass is 277 g/mol. The summed E-state index contributed by atoms with van der Waals surface area (Å²) in [4.78, 5) is 14.0. The average molecular weight is 277 g/mol. The van der Waals surface area contributed by atoms with Crippen LogP contribution in [0, 0.1) is 6.92 Å². The quantitative estimate of drug-likeness (QED) is 0.846. The Morgan fingerprint density at radius 3 is 2.65 bits per heavy atom. The van der Waals surface area contributed by atoms with Gasteiger partial charge in [-0.1, -0.05) is 24.2 Å². The van der Waals surface area contributed by atoms with Gasteiger partial charge in [-0.3, -0.25) is 9.48 Å². The van der Waals surface area contributed by atoms with Crippen molar-refractivity contribution < 1.29 is 9.42 Å². The molecular formula is C13H19N5O2. The third kappa shape index (κ3) is 2.71. The van der Waals surface area contributed by atoms with Crippen LogP contribution in [0.4, 0.5) is 0 Å². The van der Waals surface area contributed by atoms with E-state index in [2.05, 4.69) is 20.0 Å². The maximum absolute atomic E-state index is 12.4. The van der Waals surface area contributed by atoms with Crippen molar-refractivity contribution in [2.45, 2.75) is 33.2 Å². The molecule has 0 aromatic carbocycles. The second-order valence-corrected chi connectivity index (χ2v) is 5.19. The highest BCUT2D eigenvalue weighted by atomic mass is 16.6. The summed E-state index contributed by atoms with van der Waals surface area (Å²) in [6.45, 7) is 6.25. The Bertz CT molecular complexity index is 614. The van der Waals surface area contributed by atoms with Crippen LogP contribution in [0.2, 0.25) is 0 Å². The van der Waals surface area contributed by atoms with Crippen LogP contribution in [0.5, 0.6) is 0 Å². The molecule has 0 saturated heterocycles. The minimum atomic E-state index is -0.102. The molecule has 0 unspecified atom stereocenters. The molecule has 2 aromatic rings. The number of aryl methyl sites for hydroxylation is 2. The SMILES string of the molecule is Cc1nonc1CN(C)C(=O)c1cc(C(C)C)nn1C. The summed E-state index contributed by atoms with van der Waals surface area (Å²) in [5.41, 5.74) is 2.82. The maximum atomic E-state index is 12.4. The normalized spacial score (nSPS) is 11.1. The van der Waals surface area contributed by atoms with Crippen molar-refractivity contribution in [2.24, 2.45) is 7.05 Å². The second kappa shape index (κ2) is 5.44. The van der Waals surface area contributed by atoms with Gasteiger partial charge in [0.15, 0.2) is 0 Å². The molecule has 2 aromatic heterocycles. The van der Waals surface area contributed by atoms with Crippen molar-refractivity contribution in [1.29, 1.82) is 0 Å². The Kier molecular flexibility index (Phi) is 3.87. The molecule has 2 heterocycles. The summed E-state index contributed by atoms with van der Waals surface area (Å²) in [5, 5.41) is 11.8. The highest BCUT2D eigenvalue weighted by Crippen LogP contribution is 2.15. The highest BCUT2D eigenvalue weighted by molar-refractivity contribution is 5.92. The molecule has 0 aliphatic rings. The Balaban J connectivity index is 2.16. The van der Waals surface area contributed by atoms with Crippen molar-refractivity contribution in [3.05, 3.63) is 28.8 Å². The zero-order valence-corrected chi connectivity index (χ0v) is 12.4. The number of amides is 1. The van der Waals surface area contributed by atoms with Gasteiger partial charge in [0.2, 0.25) is 0 Å². The van der Waals surface area contributed by atoms with Crippen LogP contribution < -0.4 is 0 Å². The van der Waals surface area contributed by atoms with Gasteiger partial charge in [-0.05, 0) is 18.9 Å². The molecule has 0 N–H and O–H groups in total. The molecule has 7 nitrogen and oxygen atoms in total. The van der Waals surface area contributed by atoms with Gasteiger partial charge < -0.3 is 4.90 Å². The van der Waals surface area contributed by atoms with Gasteiger partial charge in [-0.25, -0.2) is 4.63 Å². The van der Waals surface area contributed by atoms with E-state index in [4.69, 9.17) is 0 Å². The number of nitrogens with zero attached hydrogens (tertiary/aromatic N) is 5. The minimum absolute atomic E-state index is 0.102. The fourth-order valence-corrected chi connectivity index (χ4v) is 1.86. The topological polar surface area (TPSA) is 77.1 Å². The molecule has 20 heavy (non-hydrogen) atoms. The van der Waals surface area contributed by atoms with Crippen LogP contribution in [0.1, 0.15) is 47.3 Å². The number of carbonyl (C=O) groups is 1. The number of aromatic nitrogens is 4. The third-order valence-electron chi connectivity index (χ3n) is 3.19. The Morgan fingerprint density at radius 2 is 2.15 bits per heavy atom. The smallest absolute Gasteiger partial charge is 0.272 e. The zero-order chi connectivity index (χ0) is 14.9. The lowest BCUT2D eigenvalue weighted by atomic mass is 10.1. The van der Waals surface area contributed by atoms with Gasteiger partial charge in [0, 0.05) is 14.1 Å². The summed E-state index contributed by atoms with van der Waals surface area (Å²) in [6, 6.07) is 1.83. The molecule has 7 heteroatoms. The number of hydrogen-bond donors (Lipinski definition) is 0. The lowest BCUT2D eigenvalue weighted by Gasteiger charge is -2.15. The third-order valence-corrected chi connectivity index (χ3v) is 3.19. The summed E-state index contributed by atoms with van der Waals surface area (Å²) in [5.74, 6) is 0.185. The molecule has 0 radical (unpaired) electrons. The lowest BCUT2D eigenvalue weighted by Crippen LogP contribution is -2.28. The highest BCUT2D eigenvalue weighted by Gasteiger charge is 2.20. The maximum Gasteiger partial charge on any atom is 0.272 e. The van der Waals surface area contributed by atoms with Crippen LogP contribution in [-0.2, 0) is 13.6 Å². The van der Waals surface area contributed by atoms with Crippen molar-refractivity contribution in [1.82, 2.24) is 25.0 Å². The largest absolute Gasteiger partial charge is 0.334 e. The fourth-order valence-electron chi connectivity index (χ4n) is 1.86. The summed E-state index contributed by atoms with van der Waals surface area (Å²) in [7, 11) is 3.49. The van der Waals surface area contributed by atoms with Crippen LogP contribution in [-0.4, -0.2) is 37.9 Å². The summed E-state index contributed by atoms with van der Waals surface area (Å²) < 4.78 is 6.25. The van der Waals surface area contributed by atoms with E-state index in [-0.39, 0.29) is 11.8 Å². The van der Waals surface area contributed by atoms with Gasteiger partial charge in [-0.2, -0.15) is 5.10 Å². The molecule has 0 aliphatic carbocycles. The van der Waals surface area contributed by atoms with E-state index in [0.717, 1.165) is 5.69 Å². The van der Waals surface area contributed by atoms with Crippen LogP contribution >= 0.6 is 0 Å². The van der Waals surface area contributed by atoms with Gasteiger partial charge >= 0.3 is 0 Å². The summed E-state index contributed by atoms with van der Waals surface area (Å²) >= 11 is 0. The van der Waals surface area contributed by atoms with Crippen molar-refractivity contribution in [3.63, 3.8) is 0 Å². The molecule has 1 amide bonds. The van der Waals surface area contributed by atoms with E-state index in [1.54, 1.807) is 30.6 Å². The Morgan fingerprint density at radius 1 is 1.45 bits per heavy atom. The van der Waals surface area contributed by atoms with Gasteiger partial charge in [0.25, 0.3) is 5.91 Å². The van der Waals surface area contributed by atoms with Crippen LogP contribution in [0.15, 0.2) is 10.7 Å². The average Bonchev–Trinajstić information content (AvgIpc) is 2.95. The zero-order valence-electron chi connectivity index (χ0n) is 12.4. The van der Waals surface area contributed by atoms with E-state index in [9.17, 15) is 4.79 Å². The first-order valence-corrected chi connectivity index (χ1v) is 6.47. The van der Waals surface area contributed by atoms with Gasteiger partial charge in [-0.15, -0.1) is 0 Å². The molecule has 0 fully saturated rings. The number of carbonyl (C=O) groups excluding carboxylic acids is 1. The minimum Gasteiger partial charge on any atom is -0.334 e. The van der Waals surface area contributed by atoms with E-state index in [1.807, 2.05) is 19.9 Å². The number of rotatable bonds is 4. The first-order chi connectivity index (χ1) is 9.40. The number of hydrogen-bond acceptors (Lipinski definition) is 5. The molecular weight excluding hydrogens is 258 g/mol. The van der Waals surface area contributed by atoms with E-state index in [1.165, 1.54) is 0 Å². The first kappa shape index (κ1) is 14.2. The van der Waals surface area contributed by atoms with Crippen molar-refractivity contribution in [2.75, 3.05) is 7.05 Å². The van der Waals surface area contributed by atoms with E-state index < -0.39 is 0 Å². The standard InChI is InChI=1S/C13H19N5O2/c1-8(2)10-6-12(18(5)14-10)13(19)17(4)7-11-9(3)15-20-16-11/h6,8H,7H2,1-5H3. The van der Waals surface area contributed by atoms with Crippen molar-refractivity contribution >= 4 is 5.91 Å². The Labute approximate surface area is 117 Å². The molecule has 0 aliphatic heterocycles. The predicted octanol–water partition coefficient (Wildman–Crippen LogP) is 1.51. The van der Waals surface area contributed by atoms with Crippen LogP contribution in [0.3, 0.4) is 0 Å². The molecule has 0 saturated carbocycles. The van der Waals surface area contributed by atoms with E-state index in [0.29, 0.717) is 23.6 Å².